The molecule has 3 heteroatoms. The molecule has 2 rings (SSSR count). The summed E-state index contributed by atoms with van der Waals surface area (Å²) in [6.45, 7) is 9.85. The molecular weight excluding hydrogens is 234 g/mol. The van der Waals surface area contributed by atoms with Crippen molar-refractivity contribution in [1.29, 1.82) is 0 Å². The van der Waals surface area contributed by atoms with Gasteiger partial charge in [-0.2, -0.15) is 0 Å². The van der Waals surface area contributed by atoms with Crippen LogP contribution in [-0.4, -0.2) is 35.6 Å². The molecule has 0 spiro atoms. The van der Waals surface area contributed by atoms with Gasteiger partial charge >= 0.3 is 0 Å². The number of nitrogens with zero attached hydrogens (tertiary/aromatic N) is 2. The standard InChI is InChI=1S/C16H25N3/c1-13(2)6-10-19-11-7-15(8-12-19)18-16-5-4-9-17-14(16)3/h4-6,9,15,18H,7-8,10-12H2,1-3H3. The van der Waals surface area contributed by atoms with Crippen LogP contribution >= 0.6 is 0 Å². The molecular formula is C16H25N3. The summed E-state index contributed by atoms with van der Waals surface area (Å²) in [5.74, 6) is 0. The Labute approximate surface area is 116 Å². The summed E-state index contributed by atoms with van der Waals surface area (Å²) in [6, 6.07) is 4.71. The Hall–Kier alpha value is -1.35. The molecule has 1 saturated heterocycles. The maximum absolute atomic E-state index is 4.33. The SMILES string of the molecule is CC(C)=CCN1CCC(Nc2cccnc2C)CC1. The minimum absolute atomic E-state index is 0.589. The molecule has 0 radical (unpaired) electrons. The topological polar surface area (TPSA) is 28.2 Å². The normalized spacial score (nSPS) is 17.2. The molecule has 0 bridgehead atoms. The minimum atomic E-state index is 0.589. The zero-order valence-electron chi connectivity index (χ0n) is 12.3. The van der Waals surface area contributed by atoms with E-state index < -0.39 is 0 Å². The van der Waals surface area contributed by atoms with Gasteiger partial charge in [-0.25, -0.2) is 0 Å². The molecule has 3 nitrogen and oxygen atoms in total. The third kappa shape index (κ3) is 4.35. The molecule has 104 valence electrons. The highest BCUT2D eigenvalue weighted by atomic mass is 15.1. The Morgan fingerprint density at radius 3 is 2.79 bits per heavy atom. The predicted octanol–water partition coefficient (Wildman–Crippen LogP) is 3.23. The van der Waals surface area contributed by atoms with Crippen molar-refractivity contribution in [3.8, 4) is 0 Å². The number of aryl methyl sites for hydroxylation is 1. The Morgan fingerprint density at radius 2 is 2.16 bits per heavy atom. The summed E-state index contributed by atoms with van der Waals surface area (Å²) < 4.78 is 0. The zero-order valence-corrected chi connectivity index (χ0v) is 12.3. The smallest absolute Gasteiger partial charge is 0.0603 e. The number of hydrogen-bond donors (Lipinski definition) is 1. The average molecular weight is 259 g/mol. The van der Waals surface area contributed by atoms with Crippen molar-refractivity contribution in [3.05, 3.63) is 35.7 Å². The van der Waals surface area contributed by atoms with Crippen molar-refractivity contribution in [2.24, 2.45) is 0 Å². The maximum Gasteiger partial charge on any atom is 0.0603 e. The van der Waals surface area contributed by atoms with E-state index in [1.54, 1.807) is 0 Å². The molecule has 1 aromatic rings. The quantitative estimate of drug-likeness (QED) is 0.841. The van der Waals surface area contributed by atoms with Gasteiger partial charge in [0, 0.05) is 31.9 Å². The van der Waals surface area contributed by atoms with Gasteiger partial charge in [-0.1, -0.05) is 11.6 Å². The third-order valence-electron chi connectivity index (χ3n) is 3.71. The molecule has 0 saturated carbocycles. The van der Waals surface area contributed by atoms with Crippen LogP contribution in [0.4, 0.5) is 5.69 Å². The lowest BCUT2D eigenvalue weighted by molar-refractivity contribution is 0.240. The van der Waals surface area contributed by atoms with Crippen LogP contribution in [0, 0.1) is 6.92 Å². The molecule has 0 atom stereocenters. The second-order valence-corrected chi connectivity index (χ2v) is 5.64. The van der Waals surface area contributed by atoms with Crippen LogP contribution in [-0.2, 0) is 0 Å². The van der Waals surface area contributed by atoms with E-state index in [1.807, 2.05) is 12.3 Å². The largest absolute Gasteiger partial charge is 0.381 e. The number of nitrogens with one attached hydrogen (secondary N) is 1. The second kappa shape index (κ2) is 6.71. The van der Waals surface area contributed by atoms with Crippen molar-refractivity contribution in [3.63, 3.8) is 0 Å². The fourth-order valence-electron chi connectivity index (χ4n) is 2.43. The monoisotopic (exact) mass is 259 g/mol. The van der Waals surface area contributed by atoms with Gasteiger partial charge in [-0.05, 0) is 45.7 Å². The van der Waals surface area contributed by atoms with Gasteiger partial charge in [0.2, 0.25) is 0 Å². The molecule has 19 heavy (non-hydrogen) atoms. The van der Waals surface area contributed by atoms with Crippen LogP contribution < -0.4 is 5.32 Å². The van der Waals surface area contributed by atoms with E-state index in [2.05, 4.69) is 48.1 Å². The first-order chi connectivity index (χ1) is 9.15. The number of aromatic nitrogens is 1. The molecule has 1 aliphatic rings. The molecule has 1 N–H and O–H groups in total. The van der Waals surface area contributed by atoms with E-state index in [-0.39, 0.29) is 0 Å². The van der Waals surface area contributed by atoms with Gasteiger partial charge in [0.25, 0.3) is 0 Å². The van der Waals surface area contributed by atoms with Crippen LogP contribution in [0.25, 0.3) is 0 Å². The van der Waals surface area contributed by atoms with Crippen LogP contribution in [0.5, 0.6) is 0 Å². The summed E-state index contributed by atoms with van der Waals surface area (Å²) in [5.41, 5.74) is 3.69. The van der Waals surface area contributed by atoms with Crippen LogP contribution in [0.1, 0.15) is 32.4 Å². The molecule has 1 aliphatic heterocycles. The van der Waals surface area contributed by atoms with E-state index >= 15 is 0 Å². The number of hydrogen-bond acceptors (Lipinski definition) is 3. The van der Waals surface area contributed by atoms with E-state index in [9.17, 15) is 0 Å². The Balaban J connectivity index is 1.81. The van der Waals surface area contributed by atoms with E-state index in [0.717, 1.165) is 12.2 Å². The first-order valence-corrected chi connectivity index (χ1v) is 7.19. The third-order valence-corrected chi connectivity index (χ3v) is 3.71. The molecule has 0 aromatic carbocycles. The molecule has 1 aromatic heterocycles. The summed E-state index contributed by atoms with van der Waals surface area (Å²) >= 11 is 0. The van der Waals surface area contributed by atoms with Gasteiger partial charge in [-0.3, -0.25) is 9.88 Å². The van der Waals surface area contributed by atoms with E-state index in [1.165, 1.54) is 37.2 Å². The number of piperidine rings is 1. The fourth-order valence-corrected chi connectivity index (χ4v) is 2.43. The molecule has 1 fully saturated rings. The first kappa shape index (κ1) is 14.1. The number of allylic oxidation sites excluding steroid dienone is 1. The highest BCUT2D eigenvalue weighted by Gasteiger charge is 2.18. The summed E-state index contributed by atoms with van der Waals surface area (Å²) in [7, 11) is 0. The molecule has 2 heterocycles. The highest BCUT2D eigenvalue weighted by Crippen LogP contribution is 2.18. The average Bonchev–Trinajstić information content (AvgIpc) is 2.40. The van der Waals surface area contributed by atoms with E-state index in [0.29, 0.717) is 6.04 Å². The van der Waals surface area contributed by atoms with Gasteiger partial charge in [-0.15, -0.1) is 0 Å². The Kier molecular flexibility index (Phi) is 4.97. The fraction of sp³-hybridized carbons (Fsp3) is 0.562. The van der Waals surface area contributed by atoms with Gasteiger partial charge in [0.15, 0.2) is 0 Å². The lowest BCUT2D eigenvalue weighted by Gasteiger charge is -2.32. The van der Waals surface area contributed by atoms with Crippen molar-refractivity contribution in [1.82, 2.24) is 9.88 Å². The Morgan fingerprint density at radius 1 is 1.42 bits per heavy atom. The highest BCUT2D eigenvalue weighted by molar-refractivity contribution is 5.47. The molecule has 0 aliphatic carbocycles. The van der Waals surface area contributed by atoms with Crippen molar-refractivity contribution >= 4 is 5.69 Å². The zero-order chi connectivity index (χ0) is 13.7. The molecule has 0 amide bonds. The summed E-state index contributed by atoms with van der Waals surface area (Å²) in [6.07, 6.45) is 6.59. The lowest BCUT2D eigenvalue weighted by Crippen LogP contribution is -2.39. The summed E-state index contributed by atoms with van der Waals surface area (Å²) in [5, 5.41) is 3.63. The number of pyridine rings is 1. The summed E-state index contributed by atoms with van der Waals surface area (Å²) in [4.78, 5) is 6.86. The van der Waals surface area contributed by atoms with Crippen LogP contribution in [0.3, 0.4) is 0 Å². The minimum Gasteiger partial charge on any atom is -0.381 e. The second-order valence-electron chi connectivity index (χ2n) is 5.64. The van der Waals surface area contributed by atoms with Gasteiger partial charge in [0.1, 0.15) is 0 Å². The maximum atomic E-state index is 4.33. The van der Waals surface area contributed by atoms with Crippen molar-refractivity contribution in [2.45, 2.75) is 39.7 Å². The number of likely N-dealkylation sites (tertiary alicyclic amines) is 1. The predicted molar refractivity (Wildman–Crippen MR) is 81.5 cm³/mol. The number of rotatable bonds is 4. The number of anilines is 1. The Bertz CT molecular complexity index is 427. The van der Waals surface area contributed by atoms with Crippen LogP contribution in [0.15, 0.2) is 30.0 Å². The van der Waals surface area contributed by atoms with Crippen molar-refractivity contribution < 1.29 is 0 Å². The van der Waals surface area contributed by atoms with Crippen molar-refractivity contribution in [2.75, 3.05) is 25.0 Å². The van der Waals surface area contributed by atoms with Crippen LogP contribution in [0.2, 0.25) is 0 Å². The first-order valence-electron chi connectivity index (χ1n) is 7.19. The molecule has 0 unspecified atom stereocenters. The lowest BCUT2D eigenvalue weighted by atomic mass is 10.0. The van der Waals surface area contributed by atoms with Gasteiger partial charge < -0.3 is 5.32 Å². The van der Waals surface area contributed by atoms with E-state index in [4.69, 9.17) is 0 Å². The van der Waals surface area contributed by atoms with Gasteiger partial charge in [0.05, 0.1) is 11.4 Å².